The van der Waals surface area contributed by atoms with Crippen LogP contribution in [0.4, 0.5) is 5.82 Å². The number of hydrogen-bond acceptors (Lipinski definition) is 6. The third kappa shape index (κ3) is 3.71. The van der Waals surface area contributed by atoms with Gasteiger partial charge in [-0.15, -0.1) is 0 Å². The molecule has 1 aromatic heterocycles. The van der Waals surface area contributed by atoms with E-state index in [0.29, 0.717) is 18.0 Å². The summed E-state index contributed by atoms with van der Waals surface area (Å²) in [6, 6.07) is 0. The van der Waals surface area contributed by atoms with Crippen molar-refractivity contribution in [3.63, 3.8) is 0 Å². The Balaban J connectivity index is 1.87. The predicted molar refractivity (Wildman–Crippen MR) is 75.0 cm³/mol. The minimum atomic E-state index is -0.340. The second kappa shape index (κ2) is 7.25. The lowest BCUT2D eigenvalue weighted by Gasteiger charge is -2.26. The van der Waals surface area contributed by atoms with E-state index >= 15 is 0 Å². The van der Waals surface area contributed by atoms with Crippen LogP contribution in [0, 0.1) is 6.92 Å². The highest BCUT2D eigenvalue weighted by Crippen LogP contribution is 2.17. The Morgan fingerprint density at radius 2 is 2.25 bits per heavy atom. The molecule has 7 nitrogen and oxygen atoms in total. The fourth-order valence-corrected chi connectivity index (χ4v) is 2.17. The molecule has 2 N–H and O–H groups in total. The van der Waals surface area contributed by atoms with Crippen molar-refractivity contribution in [2.75, 3.05) is 51.3 Å². The maximum absolute atomic E-state index is 11.9. The summed E-state index contributed by atoms with van der Waals surface area (Å²) in [5.41, 5.74) is 1.21. The smallest absolute Gasteiger partial charge is 0.343 e. The summed E-state index contributed by atoms with van der Waals surface area (Å²) in [4.78, 5) is 14.2. The van der Waals surface area contributed by atoms with Gasteiger partial charge < -0.3 is 14.8 Å². The van der Waals surface area contributed by atoms with Crippen LogP contribution in [0.25, 0.3) is 0 Å². The molecule has 0 aliphatic carbocycles. The van der Waals surface area contributed by atoms with Crippen LogP contribution in [0.2, 0.25) is 0 Å². The van der Waals surface area contributed by atoms with Gasteiger partial charge in [0.05, 0.1) is 19.8 Å². The molecule has 0 atom stereocenters. The summed E-state index contributed by atoms with van der Waals surface area (Å²) in [6.45, 7) is 9.07. The quantitative estimate of drug-likeness (QED) is 0.745. The van der Waals surface area contributed by atoms with E-state index in [1.807, 2.05) is 6.92 Å². The molecule has 20 heavy (non-hydrogen) atoms. The lowest BCUT2D eigenvalue weighted by molar-refractivity contribution is 0.0398. The van der Waals surface area contributed by atoms with Crippen LogP contribution in [0.15, 0.2) is 0 Å². The van der Waals surface area contributed by atoms with Crippen molar-refractivity contribution in [3.05, 3.63) is 11.3 Å². The minimum absolute atomic E-state index is 0.340. The molecular weight excluding hydrogens is 260 g/mol. The first kappa shape index (κ1) is 14.8. The number of rotatable bonds is 6. The zero-order chi connectivity index (χ0) is 14.4. The molecule has 1 aromatic rings. The Hall–Kier alpha value is -1.60. The van der Waals surface area contributed by atoms with Gasteiger partial charge in [0.1, 0.15) is 5.56 Å². The number of carbonyl (C=O) groups is 1. The summed E-state index contributed by atoms with van der Waals surface area (Å²) >= 11 is 0. The zero-order valence-electron chi connectivity index (χ0n) is 12.1. The number of aryl methyl sites for hydroxylation is 1. The van der Waals surface area contributed by atoms with Crippen molar-refractivity contribution in [1.82, 2.24) is 15.1 Å². The molecule has 0 amide bonds. The van der Waals surface area contributed by atoms with Crippen molar-refractivity contribution in [2.24, 2.45) is 0 Å². The maximum Gasteiger partial charge on any atom is 0.343 e. The summed E-state index contributed by atoms with van der Waals surface area (Å²) in [5, 5.41) is 10.1. The molecule has 1 saturated heterocycles. The Labute approximate surface area is 118 Å². The van der Waals surface area contributed by atoms with Gasteiger partial charge in [-0.05, 0) is 13.8 Å². The number of aromatic nitrogens is 2. The number of nitrogens with one attached hydrogen (secondary N) is 2. The predicted octanol–water partition coefficient (Wildman–Crippen LogP) is 0.639. The van der Waals surface area contributed by atoms with Gasteiger partial charge in [0.15, 0.2) is 5.82 Å². The zero-order valence-corrected chi connectivity index (χ0v) is 12.1. The average Bonchev–Trinajstić information content (AvgIpc) is 2.81. The summed E-state index contributed by atoms with van der Waals surface area (Å²) in [6.07, 6.45) is 0. The van der Waals surface area contributed by atoms with E-state index < -0.39 is 0 Å². The van der Waals surface area contributed by atoms with Crippen LogP contribution in [0.3, 0.4) is 0 Å². The second-order valence-electron chi connectivity index (χ2n) is 4.67. The van der Waals surface area contributed by atoms with Gasteiger partial charge in [0.2, 0.25) is 0 Å². The highest BCUT2D eigenvalue weighted by atomic mass is 16.5. The Morgan fingerprint density at radius 3 is 2.95 bits per heavy atom. The van der Waals surface area contributed by atoms with Crippen molar-refractivity contribution < 1.29 is 14.3 Å². The number of H-pyrrole nitrogens is 1. The number of carbonyl (C=O) groups excluding carboxylic acids is 1. The van der Waals surface area contributed by atoms with Gasteiger partial charge in [-0.2, -0.15) is 5.10 Å². The van der Waals surface area contributed by atoms with Gasteiger partial charge in [-0.3, -0.25) is 10.00 Å². The minimum Gasteiger partial charge on any atom is -0.462 e. The van der Waals surface area contributed by atoms with E-state index in [0.717, 1.165) is 45.1 Å². The van der Waals surface area contributed by atoms with E-state index in [1.54, 1.807) is 6.92 Å². The molecule has 0 radical (unpaired) electrons. The van der Waals surface area contributed by atoms with Crippen molar-refractivity contribution in [1.29, 1.82) is 0 Å². The SMILES string of the molecule is CCOC(=O)c1c(NCCN2CCOCC2)n[nH]c1C. The van der Waals surface area contributed by atoms with Gasteiger partial charge in [0.25, 0.3) is 0 Å². The molecule has 0 bridgehead atoms. The lowest BCUT2D eigenvalue weighted by atomic mass is 10.2. The number of morpholine rings is 1. The van der Waals surface area contributed by atoms with Gasteiger partial charge in [0, 0.05) is 31.9 Å². The number of anilines is 1. The van der Waals surface area contributed by atoms with E-state index in [1.165, 1.54) is 0 Å². The summed E-state index contributed by atoms with van der Waals surface area (Å²) in [7, 11) is 0. The molecule has 1 aliphatic rings. The lowest BCUT2D eigenvalue weighted by Crippen LogP contribution is -2.39. The summed E-state index contributed by atoms with van der Waals surface area (Å²) in [5.74, 6) is 0.224. The third-order valence-electron chi connectivity index (χ3n) is 3.25. The van der Waals surface area contributed by atoms with Gasteiger partial charge >= 0.3 is 5.97 Å². The molecule has 1 aliphatic heterocycles. The van der Waals surface area contributed by atoms with Gasteiger partial charge in [-0.25, -0.2) is 4.79 Å². The standard InChI is InChI=1S/C13H22N4O3/c1-3-20-13(18)11-10(2)15-16-12(11)14-4-5-17-6-8-19-9-7-17/h3-9H2,1-2H3,(H2,14,15,16). The number of hydrogen-bond donors (Lipinski definition) is 2. The van der Waals surface area contributed by atoms with Crippen LogP contribution in [-0.4, -0.2) is 67.1 Å². The molecule has 112 valence electrons. The monoisotopic (exact) mass is 282 g/mol. The number of esters is 1. The first-order valence-electron chi connectivity index (χ1n) is 6.98. The van der Waals surface area contributed by atoms with Crippen LogP contribution in [-0.2, 0) is 9.47 Å². The fourth-order valence-electron chi connectivity index (χ4n) is 2.17. The maximum atomic E-state index is 11.9. The third-order valence-corrected chi connectivity index (χ3v) is 3.25. The van der Waals surface area contributed by atoms with E-state index in [4.69, 9.17) is 9.47 Å². The molecule has 1 fully saturated rings. The van der Waals surface area contributed by atoms with Crippen LogP contribution >= 0.6 is 0 Å². The normalized spacial score (nSPS) is 16.1. The van der Waals surface area contributed by atoms with Crippen molar-refractivity contribution >= 4 is 11.8 Å². The second-order valence-corrected chi connectivity index (χ2v) is 4.67. The van der Waals surface area contributed by atoms with Crippen molar-refractivity contribution in [3.8, 4) is 0 Å². The molecule has 2 heterocycles. The molecule has 0 saturated carbocycles. The van der Waals surface area contributed by atoms with Crippen LogP contribution in [0.1, 0.15) is 23.0 Å². The molecule has 0 unspecified atom stereocenters. The fraction of sp³-hybridized carbons (Fsp3) is 0.692. The molecule has 0 spiro atoms. The first-order valence-corrected chi connectivity index (χ1v) is 6.98. The molecular formula is C13H22N4O3. The molecule has 2 rings (SSSR count). The molecule has 7 heteroatoms. The highest BCUT2D eigenvalue weighted by Gasteiger charge is 2.19. The average molecular weight is 282 g/mol. The largest absolute Gasteiger partial charge is 0.462 e. The molecule has 0 aromatic carbocycles. The van der Waals surface area contributed by atoms with Gasteiger partial charge in [-0.1, -0.05) is 0 Å². The van der Waals surface area contributed by atoms with Crippen LogP contribution in [0.5, 0.6) is 0 Å². The number of aromatic amines is 1. The van der Waals surface area contributed by atoms with E-state index in [2.05, 4.69) is 20.4 Å². The summed E-state index contributed by atoms with van der Waals surface area (Å²) < 4.78 is 10.3. The van der Waals surface area contributed by atoms with Crippen LogP contribution < -0.4 is 5.32 Å². The van der Waals surface area contributed by atoms with E-state index in [9.17, 15) is 4.79 Å². The highest BCUT2D eigenvalue weighted by molar-refractivity contribution is 5.95. The number of ether oxygens (including phenoxy) is 2. The first-order chi connectivity index (χ1) is 9.72. The van der Waals surface area contributed by atoms with Crippen molar-refractivity contribution in [2.45, 2.75) is 13.8 Å². The number of nitrogens with zero attached hydrogens (tertiary/aromatic N) is 2. The Kier molecular flexibility index (Phi) is 5.37. The Bertz CT molecular complexity index is 441. The van der Waals surface area contributed by atoms with E-state index in [-0.39, 0.29) is 5.97 Å². The topological polar surface area (TPSA) is 79.5 Å². The Morgan fingerprint density at radius 1 is 1.50 bits per heavy atom.